The highest BCUT2D eigenvalue weighted by Gasteiger charge is 2.15. The van der Waals surface area contributed by atoms with Crippen LogP contribution in [0.4, 0.5) is 11.4 Å². The lowest BCUT2D eigenvalue weighted by atomic mass is 10.1. The molecule has 2 amide bonds. The smallest absolute Gasteiger partial charge is 0.238 e. The Kier molecular flexibility index (Phi) is 6.12. The summed E-state index contributed by atoms with van der Waals surface area (Å²) in [5.41, 5.74) is 2.46. The minimum atomic E-state index is -0.0519. The van der Waals surface area contributed by atoms with Crippen LogP contribution in [0.25, 0.3) is 0 Å². The van der Waals surface area contributed by atoms with Gasteiger partial charge in [0, 0.05) is 11.4 Å². The van der Waals surface area contributed by atoms with Gasteiger partial charge in [-0.05, 0) is 70.7 Å². The lowest BCUT2D eigenvalue weighted by molar-refractivity contribution is -0.117. The van der Waals surface area contributed by atoms with Crippen LogP contribution in [0, 0.1) is 6.92 Å². The maximum absolute atomic E-state index is 12.0. The van der Waals surface area contributed by atoms with Crippen molar-refractivity contribution in [1.82, 2.24) is 9.80 Å². The molecule has 0 atom stereocenters. The van der Waals surface area contributed by atoms with E-state index < -0.39 is 0 Å². The van der Waals surface area contributed by atoms with E-state index in [1.165, 1.54) is 12.8 Å². The predicted octanol–water partition coefficient (Wildman–Crippen LogP) is 1.53. The first-order chi connectivity index (χ1) is 10.9. The second-order valence-corrected chi connectivity index (χ2v) is 6.35. The van der Waals surface area contributed by atoms with Crippen LogP contribution in [-0.2, 0) is 9.59 Å². The summed E-state index contributed by atoms with van der Waals surface area (Å²) in [6, 6.07) is 5.53. The van der Waals surface area contributed by atoms with Gasteiger partial charge in [0.2, 0.25) is 11.8 Å². The molecule has 1 heterocycles. The number of amides is 2. The number of benzene rings is 1. The van der Waals surface area contributed by atoms with Gasteiger partial charge >= 0.3 is 0 Å². The highest BCUT2D eigenvalue weighted by Crippen LogP contribution is 2.20. The highest BCUT2D eigenvalue weighted by atomic mass is 16.2. The van der Waals surface area contributed by atoms with Crippen LogP contribution in [0.1, 0.15) is 18.4 Å². The van der Waals surface area contributed by atoms with Crippen molar-refractivity contribution in [2.75, 3.05) is 50.9 Å². The van der Waals surface area contributed by atoms with E-state index in [1.54, 1.807) is 0 Å². The summed E-state index contributed by atoms with van der Waals surface area (Å²) in [7, 11) is 3.71. The van der Waals surface area contributed by atoms with Crippen molar-refractivity contribution in [2.45, 2.75) is 19.8 Å². The lowest BCUT2D eigenvalue weighted by Gasteiger charge is -2.15. The number of hydrogen-bond acceptors (Lipinski definition) is 4. The van der Waals surface area contributed by atoms with Crippen LogP contribution in [0.15, 0.2) is 18.2 Å². The lowest BCUT2D eigenvalue weighted by Crippen LogP contribution is -2.30. The number of rotatable bonds is 6. The number of likely N-dealkylation sites (tertiary alicyclic amines) is 1. The third kappa shape index (κ3) is 5.65. The van der Waals surface area contributed by atoms with Crippen molar-refractivity contribution in [2.24, 2.45) is 0 Å². The predicted molar refractivity (Wildman–Crippen MR) is 92.7 cm³/mol. The Balaban J connectivity index is 1.90. The van der Waals surface area contributed by atoms with E-state index in [-0.39, 0.29) is 11.8 Å². The largest absolute Gasteiger partial charge is 0.325 e. The fourth-order valence-corrected chi connectivity index (χ4v) is 2.70. The molecule has 6 nitrogen and oxygen atoms in total. The third-order valence-corrected chi connectivity index (χ3v) is 3.81. The molecule has 0 radical (unpaired) electrons. The first-order valence-electron chi connectivity index (χ1n) is 8.01. The first kappa shape index (κ1) is 17.4. The standard InChI is InChI=1S/C17H26N4O2/c1-13-10-14(18-17(23)12-21-8-4-5-9-21)6-7-15(13)19-16(22)11-20(2)3/h6-7,10H,4-5,8-9,11-12H2,1-3H3,(H,18,23)(H,19,22). The SMILES string of the molecule is Cc1cc(NC(=O)CN2CCCC2)ccc1NC(=O)CN(C)C. The van der Waals surface area contributed by atoms with Gasteiger partial charge < -0.3 is 15.5 Å². The second-order valence-electron chi connectivity index (χ2n) is 6.35. The molecule has 1 saturated heterocycles. The summed E-state index contributed by atoms with van der Waals surface area (Å²) in [4.78, 5) is 27.8. The van der Waals surface area contributed by atoms with E-state index in [4.69, 9.17) is 0 Å². The van der Waals surface area contributed by atoms with Gasteiger partial charge in [-0.15, -0.1) is 0 Å². The van der Waals surface area contributed by atoms with Gasteiger partial charge in [-0.1, -0.05) is 0 Å². The second kappa shape index (κ2) is 8.08. The minimum Gasteiger partial charge on any atom is -0.325 e. The Bertz CT molecular complexity index is 566. The van der Waals surface area contributed by atoms with Crippen LogP contribution in [0.2, 0.25) is 0 Å². The van der Waals surface area contributed by atoms with Gasteiger partial charge in [0.25, 0.3) is 0 Å². The monoisotopic (exact) mass is 318 g/mol. The number of likely N-dealkylation sites (N-methyl/N-ethyl adjacent to an activating group) is 1. The summed E-state index contributed by atoms with van der Waals surface area (Å²) < 4.78 is 0. The number of carbonyl (C=O) groups excluding carboxylic acids is 2. The van der Waals surface area contributed by atoms with E-state index in [9.17, 15) is 9.59 Å². The molecule has 1 aliphatic heterocycles. The van der Waals surface area contributed by atoms with E-state index >= 15 is 0 Å². The normalized spacial score (nSPS) is 15.0. The zero-order valence-electron chi connectivity index (χ0n) is 14.2. The summed E-state index contributed by atoms with van der Waals surface area (Å²) in [6.07, 6.45) is 2.35. The molecule has 1 aromatic carbocycles. The topological polar surface area (TPSA) is 64.7 Å². The Morgan fingerprint density at radius 1 is 1.13 bits per heavy atom. The zero-order chi connectivity index (χ0) is 16.8. The Morgan fingerprint density at radius 3 is 2.43 bits per heavy atom. The molecule has 0 unspecified atom stereocenters. The Labute approximate surface area is 137 Å². The van der Waals surface area contributed by atoms with Crippen molar-refractivity contribution in [3.63, 3.8) is 0 Å². The van der Waals surface area contributed by atoms with Crippen molar-refractivity contribution in [3.05, 3.63) is 23.8 Å². The average molecular weight is 318 g/mol. The van der Waals surface area contributed by atoms with E-state index in [0.717, 1.165) is 30.0 Å². The van der Waals surface area contributed by atoms with Crippen molar-refractivity contribution < 1.29 is 9.59 Å². The van der Waals surface area contributed by atoms with E-state index in [1.807, 2.05) is 44.1 Å². The minimum absolute atomic E-state index is 0.00990. The molecule has 126 valence electrons. The van der Waals surface area contributed by atoms with E-state index in [0.29, 0.717) is 13.1 Å². The molecule has 0 saturated carbocycles. The number of anilines is 2. The van der Waals surface area contributed by atoms with Gasteiger partial charge in [-0.3, -0.25) is 14.5 Å². The Hall–Kier alpha value is -1.92. The van der Waals surface area contributed by atoms with Gasteiger partial charge in [-0.25, -0.2) is 0 Å². The van der Waals surface area contributed by atoms with Crippen LogP contribution < -0.4 is 10.6 Å². The summed E-state index contributed by atoms with van der Waals surface area (Å²) >= 11 is 0. The number of nitrogens with one attached hydrogen (secondary N) is 2. The van der Waals surface area contributed by atoms with Crippen molar-refractivity contribution >= 4 is 23.2 Å². The van der Waals surface area contributed by atoms with E-state index in [2.05, 4.69) is 15.5 Å². The molecule has 0 bridgehead atoms. The Morgan fingerprint density at radius 2 is 1.83 bits per heavy atom. The van der Waals surface area contributed by atoms with Gasteiger partial charge in [0.1, 0.15) is 0 Å². The van der Waals surface area contributed by atoms with Crippen molar-refractivity contribution in [1.29, 1.82) is 0 Å². The molecule has 1 aliphatic rings. The maximum atomic E-state index is 12.0. The number of hydrogen-bond donors (Lipinski definition) is 2. The number of carbonyl (C=O) groups is 2. The molecular formula is C17H26N4O2. The van der Waals surface area contributed by atoms with Crippen LogP contribution in [-0.4, -0.2) is 61.9 Å². The third-order valence-electron chi connectivity index (χ3n) is 3.81. The summed E-state index contributed by atoms with van der Waals surface area (Å²) in [6.45, 7) is 4.71. The molecule has 1 fully saturated rings. The van der Waals surface area contributed by atoms with Gasteiger partial charge in [-0.2, -0.15) is 0 Å². The van der Waals surface area contributed by atoms with Crippen molar-refractivity contribution in [3.8, 4) is 0 Å². The zero-order valence-corrected chi connectivity index (χ0v) is 14.2. The fraction of sp³-hybridized carbons (Fsp3) is 0.529. The molecule has 0 aromatic heterocycles. The summed E-state index contributed by atoms with van der Waals surface area (Å²) in [5.74, 6) is -0.0420. The van der Waals surface area contributed by atoms with Gasteiger partial charge in [0.15, 0.2) is 0 Å². The molecule has 0 spiro atoms. The highest BCUT2D eigenvalue weighted by molar-refractivity contribution is 5.95. The molecular weight excluding hydrogens is 292 g/mol. The molecule has 23 heavy (non-hydrogen) atoms. The number of aryl methyl sites for hydroxylation is 1. The van der Waals surface area contributed by atoms with Gasteiger partial charge in [0.05, 0.1) is 13.1 Å². The fourth-order valence-electron chi connectivity index (χ4n) is 2.70. The van der Waals surface area contributed by atoms with Crippen LogP contribution in [0.5, 0.6) is 0 Å². The maximum Gasteiger partial charge on any atom is 0.238 e. The molecule has 2 rings (SSSR count). The van der Waals surface area contributed by atoms with Crippen LogP contribution in [0.3, 0.4) is 0 Å². The quantitative estimate of drug-likeness (QED) is 0.835. The molecule has 1 aromatic rings. The number of nitrogens with zero attached hydrogens (tertiary/aromatic N) is 2. The molecule has 6 heteroatoms. The van der Waals surface area contributed by atoms with Crippen LogP contribution >= 0.6 is 0 Å². The first-order valence-corrected chi connectivity index (χ1v) is 8.01. The molecule has 2 N–H and O–H groups in total. The molecule has 0 aliphatic carbocycles. The summed E-state index contributed by atoms with van der Waals surface area (Å²) in [5, 5.41) is 5.80. The average Bonchev–Trinajstić information content (AvgIpc) is 2.93.